The number of ether oxygens (including phenoxy) is 2. The predicted molar refractivity (Wildman–Crippen MR) is 123 cm³/mol. The molecule has 0 spiro atoms. The third-order valence-corrected chi connectivity index (χ3v) is 5.51. The molecule has 3 rings (SSSR count). The van der Waals surface area contributed by atoms with Crippen molar-refractivity contribution in [3.8, 4) is 11.1 Å². The van der Waals surface area contributed by atoms with Crippen LogP contribution in [0.4, 0.5) is 4.79 Å². The summed E-state index contributed by atoms with van der Waals surface area (Å²) in [5.74, 6) is -1.65. The minimum atomic E-state index is -1.10. The van der Waals surface area contributed by atoms with Gasteiger partial charge in [-0.1, -0.05) is 69.3 Å². The van der Waals surface area contributed by atoms with Gasteiger partial charge in [0.25, 0.3) is 0 Å². The van der Waals surface area contributed by atoms with Gasteiger partial charge in [-0.05, 0) is 27.7 Å². The molecule has 1 aliphatic carbocycles. The average Bonchev–Trinajstić information content (AvgIpc) is 3.08. The number of hydrogen-bond acceptors (Lipinski definition) is 5. The summed E-state index contributed by atoms with van der Waals surface area (Å²) in [6.45, 7) is 5.34. The zero-order chi connectivity index (χ0) is 24.0. The maximum absolute atomic E-state index is 12.1. The summed E-state index contributed by atoms with van der Waals surface area (Å²) in [5.41, 5.74) is 3.95. The summed E-state index contributed by atoms with van der Waals surface area (Å²) in [5, 5.41) is 14.3. The second-order valence-corrected chi connectivity index (χ2v) is 9.01. The van der Waals surface area contributed by atoms with Gasteiger partial charge < -0.3 is 25.2 Å². The molecule has 1 atom stereocenters. The van der Waals surface area contributed by atoms with Gasteiger partial charge in [-0.25, -0.2) is 9.59 Å². The Morgan fingerprint density at radius 2 is 1.58 bits per heavy atom. The Kier molecular flexibility index (Phi) is 7.71. The van der Waals surface area contributed by atoms with Crippen molar-refractivity contribution in [2.24, 2.45) is 5.41 Å². The van der Waals surface area contributed by atoms with E-state index >= 15 is 0 Å². The molecule has 1 aliphatic rings. The summed E-state index contributed by atoms with van der Waals surface area (Å²) >= 11 is 0. The number of hydrogen-bond donors (Lipinski definition) is 3. The van der Waals surface area contributed by atoms with Crippen molar-refractivity contribution >= 4 is 18.0 Å². The Bertz CT molecular complexity index is 968. The number of fused-ring (bicyclic) bond motifs is 3. The highest BCUT2D eigenvalue weighted by molar-refractivity contribution is 5.84. The van der Waals surface area contributed by atoms with Crippen LogP contribution in [-0.4, -0.2) is 55.5 Å². The summed E-state index contributed by atoms with van der Waals surface area (Å²) in [6.07, 6.45) is -0.566. The molecule has 0 saturated carbocycles. The zero-order valence-corrected chi connectivity index (χ0v) is 19.1. The van der Waals surface area contributed by atoms with Gasteiger partial charge >= 0.3 is 12.1 Å². The number of benzene rings is 2. The van der Waals surface area contributed by atoms with Crippen molar-refractivity contribution in [1.82, 2.24) is 10.6 Å². The second kappa shape index (κ2) is 10.5. The molecule has 0 saturated heterocycles. The highest BCUT2D eigenvalue weighted by Crippen LogP contribution is 2.44. The van der Waals surface area contributed by atoms with Gasteiger partial charge in [0.05, 0.1) is 6.61 Å². The van der Waals surface area contributed by atoms with Gasteiger partial charge in [0.1, 0.15) is 19.3 Å². The first-order valence-corrected chi connectivity index (χ1v) is 10.9. The van der Waals surface area contributed by atoms with Crippen LogP contribution in [0.5, 0.6) is 0 Å². The Morgan fingerprint density at radius 3 is 2.12 bits per heavy atom. The highest BCUT2D eigenvalue weighted by Gasteiger charge is 2.32. The van der Waals surface area contributed by atoms with Crippen LogP contribution in [0.3, 0.4) is 0 Å². The van der Waals surface area contributed by atoms with Crippen molar-refractivity contribution in [2.75, 3.05) is 26.4 Å². The van der Waals surface area contributed by atoms with Crippen molar-refractivity contribution in [3.05, 3.63) is 59.7 Å². The number of carbonyl (C=O) groups excluding carboxylic acids is 2. The molecule has 3 N–H and O–H groups in total. The first-order chi connectivity index (χ1) is 15.7. The lowest BCUT2D eigenvalue weighted by molar-refractivity contribution is -0.145. The first-order valence-electron chi connectivity index (χ1n) is 10.9. The Balaban J connectivity index is 1.39. The number of carbonyl (C=O) groups is 3. The molecule has 2 aromatic carbocycles. The monoisotopic (exact) mass is 454 g/mol. The van der Waals surface area contributed by atoms with Crippen LogP contribution < -0.4 is 10.6 Å². The lowest BCUT2D eigenvalue weighted by atomic mass is 9.87. The molecule has 8 heteroatoms. The van der Waals surface area contributed by atoms with Gasteiger partial charge in [-0.15, -0.1) is 0 Å². The van der Waals surface area contributed by atoms with Gasteiger partial charge in [-0.3, -0.25) is 4.79 Å². The van der Waals surface area contributed by atoms with Gasteiger partial charge in [0, 0.05) is 12.5 Å². The lowest BCUT2D eigenvalue weighted by Crippen LogP contribution is -2.50. The third kappa shape index (κ3) is 6.10. The molecular formula is C25H30N2O6. The molecule has 8 nitrogen and oxygen atoms in total. The first kappa shape index (κ1) is 24.3. The van der Waals surface area contributed by atoms with E-state index in [4.69, 9.17) is 9.47 Å². The van der Waals surface area contributed by atoms with E-state index in [0.29, 0.717) is 0 Å². The van der Waals surface area contributed by atoms with E-state index in [1.54, 1.807) is 20.8 Å². The molecule has 0 aliphatic heterocycles. The molecule has 0 unspecified atom stereocenters. The fourth-order valence-electron chi connectivity index (χ4n) is 3.89. The van der Waals surface area contributed by atoms with E-state index in [2.05, 4.69) is 34.9 Å². The summed E-state index contributed by atoms with van der Waals surface area (Å²) < 4.78 is 10.7. The summed E-state index contributed by atoms with van der Waals surface area (Å²) in [7, 11) is 0. The standard InChI is InChI=1S/C25H30N2O6/c1-25(2,3)22(23(29)30)27-21(28)15-32-13-12-26-24(31)33-14-20-18-10-6-4-8-16(18)17-9-5-7-11-19(17)20/h4-11,20,22H,12-15H2,1-3H3,(H,26,31)(H,27,28)(H,29,30)/t22-/m0/s1. The quantitative estimate of drug-likeness (QED) is 0.502. The van der Waals surface area contributed by atoms with Gasteiger partial charge in [0.15, 0.2) is 0 Å². The molecule has 176 valence electrons. The maximum Gasteiger partial charge on any atom is 0.407 e. The minimum absolute atomic E-state index is 0.0203. The third-order valence-electron chi connectivity index (χ3n) is 5.51. The molecule has 0 heterocycles. The predicted octanol–water partition coefficient (Wildman–Crippen LogP) is 3.16. The molecule has 2 amide bonds. The van der Waals surface area contributed by atoms with Crippen LogP contribution in [0.1, 0.15) is 37.8 Å². The van der Waals surface area contributed by atoms with E-state index < -0.39 is 29.4 Å². The Labute approximate surface area is 193 Å². The summed E-state index contributed by atoms with van der Waals surface area (Å²) in [4.78, 5) is 35.4. The summed E-state index contributed by atoms with van der Waals surface area (Å²) in [6, 6.07) is 15.2. The maximum atomic E-state index is 12.1. The molecule has 2 aromatic rings. The van der Waals surface area contributed by atoms with Crippen molar-refractivity contribution in [1.29, 1.82) is 0 Å². The number of carboxylic acids is 1. The van der Waals surface area contributed by atoms with Gasteiger partial charge in [0.2, 0.25) is 5.91 Å². The number of nitrogens with one attached hydrogen (secondary N) is 2. The van der Waals surface area contributed by atoms with Gasteiger partial charge in [-0.2, -0.15) is 0 Å². The molecule has 0 bridgehead atoms. The molecule has 0 aromatic heterocycles. The molecule has 0 radical (unpaired) electrons. The van der Waals surface area contributed by atoms with Crippen LogP contribution in [0.2, 0.25) is 0 Å². The van der Waals surface area contributed by atoms with Crippen molar-refractivity contribution in [2.45, 2.75) is 32.7 Å². The van der Waals surface area contributed by atoms with Crippen molar-refractivity contribution in [3.63, 3.8) is 0 Å². The smallest absolute Gasteiger partial charge is 0.407 e. The number of aliphatic carboxylic acids is 1. The fourth-order valence-corrected chi connectivity index (χ4v) is 3.89. The SMILES string of the molecule is CC(C)(C)[C@@H](NC(=O)COCCNC(=O)OCC1c2ccccc2-c2ccccc21)C(=O)O. The van der Waals surface area contributed by atoms with E-state index in [9.17, 15) is 19.5 Å². The lowest BCUT2D eigenvalue weighted by Gasteiger charge is -2.27. The topological polar surface area (TPSA) is 114 Å². The van der Waals surface area contributed by atoms with Crippen LogP contribution in [0, 0.1) is 5.41 Å². The van der Waals surface area contributed by atoms with E-state index in [-0.39, 0.29) is 32.3 Å². The zero-order valence-electron chi connectivity index (χ0n) is 19.1. The van der Waals surface area contributed by atoms with E-state index in [1.807, 2.05) is 24.3 Å². The highest BCUT2D eigenvalue weighted by atomic mass is 16.5. The number of carboxylic acid groups (broad SMARTS) is 1. The van der Waals surface area contributed by atoms with Crippen LogP contribution >= 0.6 is 0 Å². The Hall–Kier alpha value is -3.39. The normalized spacial score (nSPS) is 13.5. The largest absolute Gasteiger partial charge is 0.480 e. The van der Waals surface area contributed by atoms with E-state index in [1.165, 1.54) is 0 Å². The van der Waals surface area contributed by atoms with Crippen LogP contribution in [0.25, 0.3) is 11.1 Å². The van der Waals surface area contributed by atoms with E-state index in [0.717, 1.165) is 22.3 Å². The van der Waals surface area contributed by atoms with Crippen LogP contribution in [-0.2, 0) is 19.1 Å². The molecule has 33 heavy (non-hydrogen) atoms. The molecular weight excluding hydrogens is 424 g/mol. The fraction of sp³-hybridized carbons (Fsp3) is 0.400. The van der Waals surface area contributed by atoms with Crippen molar-refractivity contribution < 1.29 is 29.0 Å². The number of alkyl carbamates (subject to hydrolysis) is 1. The molecule has 0 fully saturated rings. The van der Waals surface area contributed by atoms with Crippen LogP contribution in [0.15, 0.2) is 48.5 Å². The Morgan fingerprint density at radius 1 is 1.00 bits per heavy atom. The minimum Gasteiger partial charge on any atom is -0.480 e. The average molecular weight is 455 g/mol. The number of rotatable bonds is 9. The number of amides is 2. The second-order valence-electron chi connectivity index (χ2n) is 9.01.